The second-order valence-electron chi connectivity index (χ2n) is 23.8. The van der Waals surface area contributed by atoms with E-state index in [4.69, 9.17) is 9.05 Å². The van der Waals surface area contributed by atoms with Crippen molar-refractivity contribution in [2.75, 3.05) is 40.9 Å². The molecule has 3 N–H and O–H groups in total. The van der Waals surface area contributed by atoms with Crippen LogP contribution in [0.1, 0.15) is 303 Å². The van der Waals surface area contributed by atoms with Gasteiger partial charge in [0.25, 0.3) is 0 Å². The lowest BCUT2D eigenvalue weighted by Crippen LogP contribution is -2.45. The van der Waals surface area contributed by atoms with E-state index in [1.165, 1.54) is 212 Å². The molecule has 0 rings (SSSR count). The largest absolute Gasteiger partial charge is 0.472 e. The van der Waals surface area contributed by atoms with Gasteiger partial charge in [-0.05, 0) is 77.0 Å². The number of hydrogen-bond donors (Lipinski definition) is 3. The first-order valence-electron chi connectivity index (χ1n) is 33.5. The number of unbranched alkanes of at least 4 members (excludes halogenated alkanes) is 36. The van der Waals surface area contributed by atoms with Crippen molar-refractivity contribution in [3.8, 4) is 0 Å². The standard InChI is InChI=1S/C70H129N2O6P/c1-6-8-10-12-14-16-18-20-22-24-26-27-28-29-30-31-32-33-34-35-36-37-38-39-40-41-42-43-44-45-46-48-50-52-54-56-58-60-62-64-70(74)71-68(67-78-79(75,76)77-66-65-72(3,4)5)69(73)63-61-59-57-55-53-51-49-47-25-23-21-19-17-15-13-11-9-7-2/h8,10,14,16,20,22,26-27,29-30,53,55,61,63,68-69,73H,6-7,9,11-13,15,17-19,21,23-25,28,31-52,54,56-60,62,64-67H2,1-5H3,(H-,71,74,75,76)/p+1/b10-8-,16-14-,22-20-,27-26-,30-29-,55-53+,63-61+. The highest BCUT2D eigenvalue weighted by molar-refractivity contribution is 7.47. The van der Waals surface area contributed by atoms with Gasteiger partial charge in [0.05, 0.1) is 39.9 Å². The quantitative estimate of drug-likeness (QED) is 0.0243. The molecule has 0 radical (unpaired) electrons. The molecule has 0 spiro atoms. The van der Waals surface area contributed by atoms with Crippen molar-refractivity contribution in [1.29, 1.82) is 0 Å². The maximum Gasteiger partial charge on any atom is 0.472 e. The number of aliphatic hydroxyl groups excluding tert-OH is 1. The fraction of sp³-hybridized carbons (Fsp3) is 0.786. The molecule has 0 aromatic carbocycles. The Kier molecular flexibility index (Phi) is 58.5. The molecule has 9 heteroatoms. The average Bonchev–Trinajstić information content (AvgIpc) is 3.42. The third kappa shape index (κ3) is 63.1. The Balaban J connectivity index is 3.98. The van der Waals surface area contributed by atoms with Crippen molar-refractivity contribution >= 4 is 13.7 Å². The van der Waals surface area contributed by atoms with Gasteiger partial charge in [0.2, 0.25) is 5.91 Å². The number of rotatable bonds is 61. The van der Waals surface area contributed by atoms with Crippen LogP contribution in [0.3, 0.4) is 0 Å². The van der Waals surface area contributed by atoms with Crippen molar-refractivity contribution in [2.45, 2.75) is 315 Å². The summed E-state index contributed by atoms with van der Waals surface area (Å²) >= 11 is 0. The number of carbonyl (C=O) groups excluding carboxylic acids is 1. The Labute approximate surface area is 490 Å². The van der Waals surface area contributed by atoms with Crippen LogP contribution in [0.15, 0.2) is 85.1 Å². The van der Waals surface area contributed by atoms with E-state index in [1.807, 2.05) is 27.2 Å². The van der Waals surface area contributed by atoms with Crippen LogP contribution >= 0.6 is 7.82 Å². The lowest BCUT2D eigenvalue weighted by atomic mass is 10.0. The van der Waals surface area contributed by atoms with Crippen molar-refractivity contribution in [3.63, 3.8) is 0 Å². The lowest BCUT2D eigenvalue weighted by Gasteiger charge is -2.25. The van der Waals surface area contributed by atoms with E-state index in [-0.39, 0.29) is 19.1 Å². The average molecular weight is 1130 g/mol. The highest BCUT2D eigenvalue weighted by Crippen LogP contribution is 2.43. The summed E-state index contributed by atoms with van der Waals surface area (Å²) in [5.74, 6) is -0.183. The van der Waals surface area contributed by atoms with Gasteiger partial charge in [-0.15, -0.1) is 0 Å². The van der Waals surface area contributed by atoms with Gasteiger partial charge in [0, 0.05) is 6.42 Å². The smallest absolute Gasteiger partial charge is 0.387 e. The fourth-order valence-electron chi connectivity index (χ4n) is 9.68. The number of quaternary nitrogens is 1. The second-order valence-corrected chi connectivity index (χ2v) is 25.3. The number of nitrogens with one attached hydrogen (secondary N) is 1. The first kappa shape index (κ1) is 76.7. The summed E-state index contributed by atoms with van der Waals surface area (Å²) in [6.07, 6.45) is 85.9. The van der Waals surface area contributed by atoms with Crippen LogP contribution in [-0.4, -0.2) is 73.4 Å². The second kappa shape index (κ2) is 60.3. The number of phosphoric ester groups is 1. The molecule has 0 aromatic heterocycles. The zero-order valence-corrected chi connectivity index (χ0v) is 53.5. The summed E-state index contributed by atoms with van der Waals surface area (Å²) in [7, 11) is 1.56. The van der Waals surface area contributed by atoms with Gasteiger partial charge in [-0.1, -0.05) is 304 Å². The van der Waals surface area contributed by atoms with Gasteiger partial charge < -0.3 is 19.8 Å². The molecule has 8 nitrogen and oxygen atoms in total. The highest BCUT2D eigenvalue weighted by atomic mass is 31.2. The van der Waals surface area contributed by atoms with Crippen LogP contribution in [0.4, 0.5) is 0 Å². The molecular formula is C70H130N2O6P+. The van der Waals surface area contributed by atoms with E-state index >= 15 is 0 Å². The molecule has 0 saturated carbocycles. The minimum Gasteiger partial charge on any atom is -0.387 e. The van der Waals surface area contributed by atoms with Crippen LogP contribution in [-0.2, 0) is 18.4 Å². The summed E-state index contributed by atoms with van der Waals surface area (Å²) in [6, 6.07) is -0.865. The van der Waals surface area contributed by atoms with Crippen molar-refractivity contribution < 1.29 is 32.9 Å². The van der Waals surface area contributed by atoms with Gasteiger partial charge in [0.1, 0.15) is 13.2 Å². The van der Waals surface area contributed by atoms with Crippen LogP contribution in [0.5, 0.6) is 0 Å². The van der Waals surface area contributed by atoms with E-state index in [0.29, 0.717) is 17.4 Å². The monoisotopic (exact) mass is 1130 g/mol. The minimum atomic E-state index is -4.36. The Morgan fingerprint density at radius 2 is 0.772 bits per heavy atom. The molecule has 0 saturated heterocycles. The molecular weight excluding hydrogens is 996 g/mol. The highest BCUT2D eigenvalue weighted by Gasteiger charge is 2.28. The minimum absolute atomic E-state index is 0.0558. The summed E-state index contributed by atoms with van der Waals surface area (Å²) in [6.45, 7) is 4.71. The molecule has 0 aliphatic carbocycles. The molecule has 0 aromatic rings. The molecule has 460 valence electrons. The van der Waals surface area contributed by atoms with Crippen LogP contribution in [0.2, 0.25) is 0 Å². The Morgan fingerprint density at radius 3 is 1.16 bits per heavy atom. The Hall–Kier alpha value is -2.32. The number of likely N-dealkylation sites (N-methyl/N-ethyl adjacent to an activating group) is 1. The fourth-order valence-corrected chi connectivity index (χ4v) is 10.4. The summed E-state index contributed by atoms with van der Waals surface area (Å²) < 4.78 is 23.7. The number of allylic oxidation sites excluding steroid dienone is 13. The third-order valence-electron chi connectivity index (χ3n) is 14.8. The Morgan fingerprint density at radius 1 is 0.443 bits per heavy atom. The zero-order valence-electron chi connectivity index (χ0n) is 52.6. The van der Waals surface area contributed by atoms with Crippen molar-refractivity contribution in [2.24, 2.45) is 0 Å². The van der Waals surface area contributed by atoms with E-state index in [1.54, 1.807) is 6.08 Å². The van der Waals surface area contributed by atoms with E-state index in [2.05, 4.69) is 92.1 Å². The van der Waals surface area contributed by atoms with Gasteiger partial charge in [-0.25, -0.2) is 4.57 Å². The molecule has 3 unspecified atom stereocenters. The first-order chi connectivity index (χ1) is 38.5. The number of nitrogens with zero attached hydrogens (tertiary/aromatic N) is 1. The van der Waals surface area contributed by atoms with Gasteiger partial charge in [0.15, 0.2) is 0 Å². The molecule has 0 heterocycles. The van der Waals surface area contributed by atoms with Crippen molar-refractivity contribution in [1.82, 2.24) is 5.32 Å². The van der Waals surface area contributed by atoms with Crippen molar-refractivity contribution in [3.05, 3.63) is 85.1 Å². The normalized spacial score (nSPS) is 14.3. The molecule has 0 fully saturated rings. The summed E-state index contributed by atoms with van der Waals surface area (Å²) in [5.41, 5.74) is 0. The van der Waals surface area contributed by atoms with E-state index < -0.39 is 20.0 Å². The predicted molar refractivity (Wildman–Crippen MR) is 346 cm³/mol. The predicted octanol–water partition coefficient (Wildman–Crippen LogP) is 21.2. The van der Waals surface area contributed by atoms with Crippen LogP contribution < -0.4 is 5.32 Å². The molecule has 3 atom stereocenters. The van der Waals surface area contributed by atoms with E-state index in [9.17, 15) is 19.4 Å². The Bertz CT molecular complexity index is 1560. The maximum absolute atomic E-state index is 13.0. The lowest BCUT2D eigenvalue weighted by molar-refractivity contribution is -0.870. The van der Waals surface area contributed by atoms with Crippen LogP contribution in [0, 0.1) is 0 Å². The molecule has 79 heavy (non-hydrogen) atoms. The number of hydrogen-bond acceptors (Lipinski definition) is 5. The molecule has 0 bridgehead atoms. The summed E-state index contributed by atoms with van der Waals surface area (Å²) in [5, 5.41) is 13.9. The number of aliphatic hydroxyl groups is 1. The maximum atomic E-state index is 13.0. The van der Waals surface area contributed by atoms with Gasteiger partial charge in [-0.2, -0.15) is 0 Å². The number of amides is 1. The zero-order chi connectivity index (χ0) is 57.7. The SMILES string of the molecule is CC/C=C\C/C=C\C/C=C\C/C=C\C/C=C\CCCCCCCCCCCCCCCCCCCCCCCCCC(=O)NC(COP(=O)(O)OCC[N+](C)(C)C)C(O)/C=C/CC/C=C/CCCCCCCCCCCCCC. The van der Waals surface area contributed by atoms with Gasteiger partial charge in [-0.3, -0.25) is 13.8 Å². The molecule has 0 aliphatic heterocycles. The van der Waals surface area contributed by atoms with E-state index in [0.717, 1.165) is 70.6 Å². The molecule has 0 aliphatic rings. The number of phosphoric acid groups is 1. The third-order valence-corrected chi connectivity index (χ3v) is 15.8. The molecule has 1 amide bonds. The first-order valence-corrected chi connectivity index (χ1v) is 35.0. The topological polar surface area (TPSA) is 105 Å². The summed E-state index contributed by atoms with van der Waals surface area (Å²) in [4.78, 5) is 23.4. The van der Waals surface area contributed by atoms with Crippen LogP contribution in [0.25, 0.3) is 0 Å². The number of carbonyl (C=O) groups is 1. The van der Waals surface area contributed by atoms with Gasteiger partial charge >= 0.3 is 7.82 Å².